The minimum atomic E-state index is -4.36. The van der Waals surface area contributed by atoms with Crippen molar-refractivity contribution in [1.29, 1.82) is 0 Å². The average molecular weight is 675 g/mol. The summed E-state index contributed by atoms with van der Waals surface area (Å²) in [7, 11) is -4.75. The molecule has 0 atom stereocenters. The molecule has 1 heterocycles. The van der Waals surface area contributed by atoms with E-state index >= 15 is 0 Å². The van der Waals surface area contributed by atoms with Crippen LogP contribution in [0.4, 0.5) is 23.2 Å². The van der Waals surface area contributed by atoms with E-state index in [2.05, 4.69) is 25.7 Å². The van der Waals surface area contributed by atoms with Crippen LogP contribution in [-0.4, -0.2) is 51.9 Å². The molecular weight excluding hydrogens is 631 g/mol. The van der Waals surface area contributed by atoms with Crippen LogP contribution in [0.25, 0.3) is 11.1 Å². The Morgan fingerprint density at radius 2 is 1.25 bits per heavy atom. The molecule has 44 heavy (non-hydrogen) atoms. The van der Waals surface area contributed by atoms with Gasteiger partial charge in [-0.05, 0) is 47.5 Å². The lowest BCUT2D eigenvalue weighted by atomic mass is 10.0. The SMILES string of the molecule is CCNP(=O)(NCC)C(Nc1ccc(N(C)CCOc2ccc(-c3ccc(C(F)(F)F)cc3)cc2)s1)P(=O)(NCC)NCC. The molecule has 1 aromatic heterocycles. The monoisotopic (exact) mass is 674 g/mol. The first kappa shape index (κ1) is 36.1. The van der Waals surface area contributed by atoms with Gasteiger partial charge in [-0.25, -0.2) is 0 Å². The van der Waals surface area contributed by atoms with Crippen molar-refractivity contribution in [2.75, 3.05) is 56.6 Å². The van der Waals surface area contributed by atoms with Crippen molar-refractivity contribution in [2.24, 2.45) is 0 Å². The fourth-order valence-corrected chi connectivity index (χ4v) is 11.9. The number of rotatable bonds is 18. The van der Waals surface area contributed by atoms with Crippen molar-refractivity contribution in [3.63, 3.8) is 0 Å². The van der Waals surface area contributed by atoms with E-state index in [1.54, 1.807) is 12.1 Å². The molecule has 0 aliphatic rings. The molecule has 5 N–H and O–H groups in total. The zero-order valence-corrected chi connectivity index (χ0v) is 28.3. The normalized spacial score (nSPS) is 12.5. The molecule has 0 aliphatic carbocycles. The van der Waals surface area contributed by atoms with Gasteiger partial charge >= 0.3 is 6.18 Å². The van der Waals surface area contributed by atoms with Crippen LogP contribution in [-0.2, 0) is 15.3 Å². The number of nitrogens with one attached hydrogen (secondary N) is 5. The van der Waals surface area contributed by atoms with Crippen molar-refractivity contribution >= 4 is 36.2 Å². The van der Waals surface area contributed by atoms with Crippen molar-refractivity contribution < 1.29 is 27.0 Å². The first-order chi connectivity index (χ1) is 20.9. The molecule has 3 rings (SSSR count). The molecule has 0 spiro atoms. The predicted molar refractivity (Wildman–Crippen MR) is 177 cm³/mol. The van der Waals surface area contributed by atoms with Crippen LogP contribution < -0.4 is 35.3 Å². The maximum absolute atomic E-state index is 14.1. The first-order valence-corrected chi connectivity index (χ1v) is 18.9. The number of ether oxygens (including phenoxy) is 1. The van der Waals surface area contributed by atoms with Crippen LogP contribution in [0.2, 0.25) is 0 Å². The van der Waals surface area contributed by atoms with Gasteiger partial charge in [0.1, 0.15) is 12.4 Å². The molecule has 9 nitrogen and oxygen atoms in total. The fourth-order valence-electron chi connectivity index (χ4n) is 4.55. The molecule has 244 valence electrons. The topological polar surface area (TPSA) is 107 Å². The molecule has 3 aromatic rings. The Balaban J connectivity index is 1.64. The minimum Gasteiger partial charge on any atom is -0.492 e. The molecule has 0 aliphatic heterocycles. The third-order valence-corrected chi connectivity index (χ3v) is 14.5. The smallest absolute Gasteiger partial charge is 0.416 e. The fraction of sp³-hybridized carbons (Fsp3) is 0.448. The van der Waals surface area contributed by atoms with Gasteiger partial charge in [-0.1, -0.05) is 52.0 Å². The number of halogens is 3. The van der Waals surface area contributed by atoms with Gasteiger partial charge in [0.25, 0.3) is 0 Å². The molecular formula is C29H43F3N6O3P2S. The predicted octanol–water partition coefficient (Wildman–Crippen LogP) is 7.47. The highest BCUT2D eigenvalue weighted by molar-refractivity contribution is 7.78. The Labute approximate surface area is 262 Å². The summed E-state index contributed by atoms with van der Waals surface area (Å²) in [6, 6.07) is 16.1. The number of thiophene rings is 1. The summed E-state index contributed by atoms with van der Waals surface area (Å²) in [6.07, 6.45) is -4.36. The number of hydrogen-bond acceptors (Lipinski definition) is 6. The lowest BCUT2D eigenvalue weighted by molar-refractivity contribution is -0.137. The maximum Gasteiger partial charge on any atom is 0.416 e. The van der Waals surface area contributed by atoms with E-state index in [1.165, 1.54) is 23.5 Å². The van der Waals surface area contributed by atoms with Gasteiger partial charge in [0.15, 0.2) is 5.52 Å². The maximum atomic E-state index is 14.1. The average Bonchev–Trinajstić information content (AvgIpc) is 3.45. The highest BCUT2D eigenvalue weighted by Gasteiger charge is 2.45. The van der Waals surface area contributed by atoms with E-state index in [0.29, 0.717) is 50.6 Å². The van der Waals surface area contributed by atoms with Gasteiger partial charge in [-0.15, -0.1) is 11.3 Å². The van der Waals surface area contributed by atoms with Crippen molar-refractivity contribution in [2.45, 2.75) is 39.4 Å². The Bertz CT molecular complexity index is 1360. The second-order valence-electron chi connectivity index (χ2n) is 9.89. The van der Waals surface area contributed by atoms with E-state index in [-0.39, 0.29) is 0 Å². The molecule has 15 heteroatoms. The molecule has 0 saturated carbocycles. The highest BCUT2D eigenvalue weighted by atomic mass is 32.1. The summed E-state index contributed by atoms with van der Waals surface area (Å²) < 4.78 is 72.6. The molecule has 0 saturated heterocycles. The quantitative estimate of drug-likeness (QED) is 0.0879. The van der Waals surface area contributed by atoms with E-state index in [4.69, 9.17) is 4.74 Å². The molecule has 0 bridgehead atoms. The lowest BCUT2D eigenvalue weighted by Gasteiger charge is -2.35. The zero-order chi connectivity index (χ0) is 32.4. The van der Waals surface area contributed by atoms with Crippen LogP contribution in [0, 0.1) is 0 Å². The van der Waals surface area contributed by atoms with Gasteiger partial charge in [0.05, 0.1) is 22.1 Å². The molecule has 0 amide bonds. The molecule has 2 aromatic carbocycles. The van der Waals surface area contributed by atoms with Gasteiger partial charge in [0, 0.05) is 33.2 Å². The number of benzene rings is 2. The summed E-state index contributed by atoms with van der Waals surface area (Å²) in [5.41, 5.74) is -0.128. The summed E-state index contributed by atoms with van der Waals surface area (Å²) in [5.74, 6) is 0.649. The minimum absolute atomic E-state index is 0.394. The summed E-state index contributed by atoms with van der Waals surface area (Å²) in [4.78, 5) is 2.03. The third kappa shape index (κ3) is 9.57. The first-order valence-electron chi connectivity index (χ1n) is 14.6. The number of hydrogen-bond donors (Lipinski definition) is 5. The van der Waals surface area contributed by atoms with Crippen LogP contribution in [0.3, 0.4) is 0 Å². The molecule has 0 radical (unpaired) electrons. The van der Waals surface area contributed by atoms with Crippen LogP contribution in [0.15, 0.2) is 60.7 Å². The van der Waals surface area contributed by atoms with Crippen molar-refractivity contribution in [3.05, 3.63) is 66.2 Å². The van der Waals surface area contributed by atoms with Crippen molar-refractivity contribution in [3.8, 4) is 16.9 Å². The van der Waals surface area contributed by atoms with Gasteiger partial charge in [-0.3, -0.25) is 29.5 Å². The summed E-state index contributed by atoms with van der Waals surface area (Å²) >= 11 is 1.46. The second kappa shape index (κ2) is 16.3. The van der Waals surface area contributed by atoms with E-state index in [9.17, 15) is 22.3 Å². The van der Waals surface area contributed by atoms with Crippen LogP contribution in [0.1, 0.15) is 33.3 Å². The van der Waals surface area contributed by atoms with Crippen LogP contribution in [0.5, 0.6) is 5.75 Å². The number of nitrogens with zero attached hydrogens (tertiary/aromatic N) is 1. The second-order valence-corrected chi connectivity index (χ2v) is 16.3. The van der Waals surface area contributed by atoms with Crippen LogP contribution >= 0.6 is 26.2 Å². The van der Waals surface area contributed by atoms with Gasteiger partial charge in [-0.2, -0.15) is 13.2 Å². The Kier molecular flexibility index (Phi) is 13.3. The van der Waals surface area contributed by atoms with E-state index in [0.717, 1.165) is 27.7 Å². The lowest BCUT2D eigenvalue weighted by Crippen LogP contribution is -2.41. The molecule has 0 fully saturated rings. The zero-order valence-electron chi connectivity index (χ0n) is 25.7. The largest absolute Gasteiger partial charge is 0.492 e. The van der Waals surface area contributed by atoms with Crippen molar-refractivity contribution in [1.82, 2.24) is 20.3 Å². The summed E-state index contributed by atoms with van der Waals surface area (Å²) in [6.45, 7) is 10.2. The Morgan fingerprint density at radius 1 is 0.773 bits per heavy atom. The van der Waals surface area contributed by atoms with E-state index < -0.39 is 32.2 Å². The summed E-state index contributed by atoms with van der Waals surface area (Å²) in [5, 5.41) is 17.2. The van der Waals surface area contributed by atoms with Gasteiger partial charge < -0.3 is 15.0 Å². The Hall–Kier alpha value is -2.37. The number of anilines is 2. The van der Waals surface area contributed by atoms with E-state index in [1.807, 2.05) is 63.9 Å². The number of likely N-dealkylation sites (N-methyl/N-ethyl adjacent to an activating group) is 1. The Morgan fingerprint density at radius 3 is 1.70 bits per heavy atom. The highest BCUT2D eigenvalue weighted by Crippen LogP contribution is 2.60. The third-order valence-electron chi connectivity index (χ3n) is 6.60. The standard InChI is InChI=1S/C29H43F3N6O3P2S/c1-6-33-42(39,34-7-2)28(43(40,35-8-3)36-9-4)37-26-18-19-27(44-26)38(5)20-21-41-25-16-12-23(13-17-25)22-10-14-24(15-11-22)29(30,31)32/h10-19,28,37H,6-9,20-21H2,1-5H3,(H2,33,34,39)(H2,35,36,40). The molecule has 0 unspecified atom stereocenters. The number of alkyl halides is 3. The van der Waals surface area contributed by atoms with Gasteiger partial charge in [0.2, 0.25) is 14.9 Å².